The van der Waals surface area contributed by atoms with E-state index in [1.807, 2.05) is 24.3 Å². The SMILES string of the molecule is O=C(NCc1ccc(F)c(CO)c1)OCC1c2ccccc2-c2ccccc21. The quantitative estimate of drug-likeness (QED) is 0.695. The van der Waals surface area contributed by atoms with E-state index >= 15 is 0 Å². The molecule has 28 heavy (non-hydrogen) atoms. The summed E-state index contributed by atoms with van der Waals surface area (Å²) in [5.74, 6) is -0.461. The second-order valence-corrected chi connectivity index (χ2v) is 6.76. The number of fused-ring (bicyclic) bond motifs is 3. The van der Waals surface area contributed by atoms with Crippen molar-refractivity contribution in [1.29, 1.82) is 0 Å². The van der Waals surface area contributed by atoms with Crippen LogP contribution in [0.4, 0.5) is 9.18 Å². The number of carbonyl (C=O) groups excluding carboxylic acids is 1. The summed E-state index contributed by atoms with van der Waals surface area (Å²) < 4.78 is 18.9. The average Bonchev–Trinajstić information content (AvgIpc) is 3.05. The van der Waals surface area contributed by atoms with Crippen LogP contribution in [0.25, 0.3) is 11.1 Å². The molecule has 1 aliphatic rings. The molecule has 0 atom stereocenters. The van der Waals surface area contributed by atoms with Gasteiger partial charge >= 0.3 is 6.09 Å². The monoisotopic (exact) mass is 377 g/mol. The lowest BCUT2D eigenvalue weighted by molar-refractivity contribution is 0.142. The third-order valence-corrected chi connectivity index (χ3v) is 5.06. The van der Waals surface area contributed by atoms with Gasteiger partial charge in [-0.1, -0.05) is 54.6 Å². The number of benzene rings is 3. The molecule has 1 amide bonds. The molecule has 3 aromatic carbocycles. The molecule has 142 valence electrons. The number of nitrogens with one attached hydrogen (secondary N) is 1. The first-order chi connectivity index (χ1) is 13.7. The standard InChI is InChI=1S/C23H20FNO3/c24-22-10-9-15(11-16(22)13-26)12-25-23(27)28-14-21-19-7-3-1-5-17(19)18-6-2-4-8-20(18)21/h1-11,21,26H,12-14H2,(H,25,27). The fourth-order valence-corrected chi connectivity index (χ4v) is 3.68. The Morgan fingerprint density at radius 1 is 1.00 bits per heavy atom. The molecule has 0 aliphatic heterocycles. The highest BCUT2D eigenvalue weighted by molar-refractivity contribution is 5.79. The molecule has 0 saturated heterocycles. The highest BCUT2D eigenvalue weighted by atomic mass is 19.1. The lowest BCUT2D eigenvalue weighted by atomic mass is 9.98. The van der Waals surface area contributed by atoms with Gasteiger partial charge in [0.2, 0.25) is 0 Å². The minimum Gasteiger partial charge on any atom is -0.449 e. The Morgan fingerprint density at radius 3 is 2.29 bits per heavy atom. The van der Waals surface area contributed by atoms with Gasteiger partial charge in [0.05, 0.1) is 6.61 Å². The van der Waals surface area contributed by atoms with Crippen LogP contribution >= 0.6 is 0 Å². The zero-order chi connectivity index (χ0) is 19.5. The van der Waals surface area contributed by atoms with Gasteiger partial charge in [-0.2, -0.15) is 0 Å². The number of rotatable bonds is 5. The molecule has 3 aromatic rings. The number of carbonyl (C=O) groups is 1. The number of hydrogen-bond donors (Lipinski definition) is 2. The summed E-state index contributed by atoms with van der Waals surface area (Å²) in [7, 11) is 0. The molecule has 0 spiro atoms. The van der Waals surface area contributed by atoms with Crippen molar-refractivity contribution in [3.8, 4) is 11.1 Å². The van der Waals surface area contributed by atoms with E-state index in [-0.39, 0.29) is 31.2 Å². The Hall–Kier alpha value is -3.18. The van der Waals surface area contributed by atoms with E-state index in [1.54, 1.807) is 6.07 Å². The van der Waals surface area contributed by atoms with Gasteiger partial charge in [-0.25, -0.2) is 9.18 Å². The van der Waals surface area contributed by atoms with Gasteiger partial charge in [0.1, 0.15) is 12.4 Å². The van der Waals surface area contributed by atoms with Crippen molar-refractivity contribution in [2.75, 3.05) is 6.61 Å². The van der Waals surface area contributed by atoms with Gasteiger partial charge in [0.15, 0.2) is 0 Å². The summed E-state index contributed by atoms with van der Waals surface area (Å²) in [4.78, 5) is 12.2. The summed E-state index contributed by atoms with van der Waals surface area (Å²) in [5.41, 5.74) is 5.56. The molecule has 0 saturated carbocycles. The minimum atomic E-state index is -0.531. The molecule has 0 bridgehead atoms. The fourth-order valence-electron chi connectivity index (χ4n) is 3.68. The molecule has 1 aliphatic carbocycles. The van der Waals surface area contributed by atoms with Gasteiger partial charge in [0.25, 0.3) is 0 Å². The van der Waals surface area contributed by atoms with Crippen LogP contribution in [0.15, 0.2) is 66.7 Å². The first-order valence-electron chi connectivity index (χ1n) is 9.14. The van der Waals surface area contributed by atoms with Crippen LogP contribution in [0.3, 0.4) is 0 Å². The molecular weight excluding hydrogens is 357 g/mol. The average molecular weight is 377 g/mol. The predicted octanol–water partition coefficient (Wildman–Crippen LogP) is 4.36. The Balaban J connectivity index is 1.40. The van der Waals surface area contributed by atoms with Crippen LogP contribution in [-0.4, -0.2) is 17.8 Å². The number of alkyl carbamates (subject to hydrolysis) is 1. The molecule has 0 aromatic heterocycles. The molecule has 0 radical (unpaired) electrons. The number of aliphatic hydroxyl groups is 1. The van der Waals surface area contributed by atoms with Crippen LogP contribution in [0.2, 0.25) is 0 Å². The molecule has 0 unspecified atom stereocenters. The van der Waals surface area contributed by atoms with Crippen LogP contribution in [-0.2, 0) is 17.9 Å². The van der Waals surface area contributed by atoms with Gasteiger partial charge in [-0.05, 0) is 39.9 Å². The lowest BCUT2D eigenvalue weighted by Crippen LogP contribution is -2.25. The van der Waals surface area contributed by atoms with Gasteiger partial charge in [-0.15, -0.1) is 0 Å². The number of hydrogen-bond acceptors (Lipinski definition) is 3. The Labute approximate surface area is 162 Å². The van der Waals surface area contributed by atoms with Crippen molar-refractivity contribution in [3.63, 3.8) is 0 Å². The van der Waals surface area contributed by atoms with Crippen LogP contribution in [0, 0.1) is 5.82 Å². The second kappa shape index (κ2) is 7.82. The van der Waals surface area contributed by atoms with E-state index in [9.17, 15) is 9.18 Å². The van der Waals surface area contributed by atoms with E-state index < -0.39 is 11.9 Å². The lowest BCUT2D eigenvalue weighted by Gasteiger charge is -2.14. The molecule has 4 rings (SSSR count). The van der Waals surface area contributed by atoms with E-state index in [1.165, 1.54) is 23.3 Å². The summed E-state index contributed by atoms with van der Waals surface area (Å²) in [6.07, 6.45) is -0.531. The normalized spacial score (nSPS) is 12.4. The summed E-state index contributed by atoms with van der Waals surface area (Å²) in [6.45, 7) is 0.0553. The van der Waals surface area contributed by atoms with Crippen molar-refractivity contribution >= 4 is 6.09 Å². The Morgan fingerprint density at radius 2 is 1.64 bits per heavy atom. The molecule has 5 heteroatoms. The summed E-state index contributed by atoms with van der Waals surface area (Å²) in [5, 5.41) is 11.8. The van der Waals surface area contributed by atoms with Crippen LogP contribution in [0.1, 0.15) is 28.2 Å². The summed E-state index contributed by atoms with van der Waals surface area (Å²) >= 11 is 0. The molecule has 4 nitrogen and oxygen atoms in total. The van der Waals surface area contributed by atoms with Gasteiger partial charge in [-0.3, -0.25) is 0 Å². The smallest absolute Gasteiger partial charge is 0.407 e. The van der Waals surface area contributed by atoms with Crippen molar-refractivity contribution in [2.24, 2.45) is 0 Å². The highest BCUT2D eigenvalue weighted by Gasteiger charge is 2.28. The van der Waals surface area contributed by atoms with Crippen molar-refractivity contribution in [1.82, 2.24) is 5.32 Å². The number of ether oxygens (including phenoxy) is 1. The maximum atomic E-state index is 13.4. The van der Waals surface area contributed by atoms with Crippen LogP contribution in [0.5, 0.6) is 0 Å². The largest absolute Gasteiger partial charge is 0.449 e. The zero-order valence-corrected chi connectivity index (χ0v) is 15.2. The number of halogens is 1. The zero-order valence-electron chi connectivity index (χ0n) is 15.2. The number of aliphatic hydroxyl groups excluding tert-OH is 1. The van der Waals surface area contributed by atoms with Crippen molar-refractivity contribution in [2.45, 2.75) is 19.1 Å². The maximum absolute atomic E-state index is 13.4. The van der Waals surface area contributed by atoms with E-state index in [4.69, 9.17) is 9.84 Å². The molecule has 0 heterocycles. The third kappa shape index (κ3) is 3.49. The predicted molar refractivity (Wildman–Crippen MR) is 104 cm³/mol. The Bertz CT molecular complexity index is 973. The van der Waals surface area contributed by atoms with Crippen molar-refractivity contribution < 1.29 is 19.0 Å². The van der Waals surface area contributed by atoms with E-state index in [0.717, 1.165) is 11.1 Å². The fraction of sp³-hybridized carbons (Fsp3) is 0.174. The van der Waals surface area contributed by atoms with Gasteiger partial charge in [0, 0.05) is 18.0 Å². The first-order valence-corrected chi connectivity index (χ1v) is 9.14. The number of amides is 1. The molecule has 0 fully saturated rings. The van der Waals surface area contributed by atoms with E-state index in [0.29, 0.717) is 5.56 Å². The highest BCUT2D eigenvalue weighted by Crippen LogP contribution is 2.44. The Kier molecular flexibility index (Phi) is 5.08. The second-order valence-electron chi connectivity index (χ2n) is 6.76. The summed E-state index contributed by atoms with van der Waals surface area (Å²) in [6, 6.07) is 20.7. The molecular formula is C23H20FNO3. The van der Waals surface area contributed by atoms with E-state index in [2.05, 4.69) is 29.6 Å². The third-order valence-electron chi connectivity index (χ3n) is 5.06. The van der Waals surface area contributed by atoms with Crippen LogP contribution < -0.4 is 5.32 Å². The topological polar surface area (TPSA) is 58.6 Å². The minimum absolute atomic E-state index is 0.00460. The molecule has 2 N–H and O–H groups in total. The first kappa shape index (κ1) is 18.2. The van der Waals surface area contributed by atoms with Crippen molar-refractivity contribution in [3.05, 3.63) is 94.8 Å². The maximum Gasteiger partial charge on any atom is 0.407 e. The van der Waals surface area contributed by atoms with Gasteiger partial charge < -0.3 is 15.2 Å².